The first-order valence-electron chi connectivity index (χ1n) is 10.5. The second-order valence-electron chi connectivity index (χ2n) is 7.55. The van der Waals surface area contributed by atoms with Crippen molar-refractivity contribution in [2.24, 2.45) is 4.99 Å². The van der Waals surface area contributed by atoms with E-state index in [1.807, 2.05) is 0 Å². The highest BCUT2D eigenvalue weighted by Crippen LogP contribution is 2.38. The summed E-state index contributed by atoms with van der Waals surface area (Å²) in [5.41, 5.74) is -2.21. The normalized spacial score (nSPS) is 15.9. The third kappa shape index (κ3) is 4.76. The van der Waals surface area contributed by atoms with Crippen LogP contribution in [-0.2, 0) is 9.53 Å². The lowest BCUT2D eigenvalue weighted by molar-refractivity contribution is -0.140. The number of phenols is 1. The molecule has 0 saturated heterocycles. The van der Waals surface area contributed by atoms with Gasteiger partial charge in [0.15, 0.2) is 22.0 Å². The van der Waals surface area contributed by atoms with Crippen molar-refractivity contribution < 1.29 is 32.5 Å². The molecule has 188 valence electrons. The fourth-order valence-electron chi connectivity index (χ4n) is 3.74. The fraction of sp³-hybridized carbons (Fsp3) is 0.208. The quantitative estimate of drug-likeness (QED) is 0.500. The number of nitrogens with zero attached hydrogens (tertiary/aromatic N) is 2. The maximum absolute atomic E-state index is 14.1. The van der Waals surface area contributed by atoms with Gasteiger partial charge in [-0.1, -0.05) is 41.1 Å². The molecule has 0 amide bonds. The van der Waals surface area contributed by atoms with Crippen LogP contribution in [0.25, 0.3) is 6.08 Å². The number of thiazole rings is 1. The third-order valence-electron chi connectivity index (χ3n) is 5.28. The Hall–Kier alpha value is -3.57. The average Bonchev–Trinajstić information content (AvgIpc) is 3.14. The summed E-state index contributed by atoms with van der Waals surface area (Å²) < 4.78 is 53.4. The van der Waals surface area contributed by atoms with Crippen molar-refractivity contribution in [3.05, 3.63) is 89.6 Å². The Labute approximate surface area is 211 Å². The van der Waals surface area contributed by atoms with E-state index in [0.717, 1.165) is 15.9 Å². The summed E-state index contributed by atoms with van der Waals surface area (Å²) in [7, 11) is 1.36. The third-order valence-corrected chi connectivity index (χ3v) is 6.52. The van der Waals surface area contributed by atoms with E-state index in [-0.39, 0.29) is 33.0 Å². The largest absolute Gasteiger partial charge is 0.504 e. The first-order chi connectivity index (χ1) is 17.0. The summed E-state index contributed by atoms with van der Waals surface area (Å²) in [4.78, 5) is 29.7. The molecule has 3 aromatic rings. The van der Waals surface area contributed by atoms with Crippen LogP contribution >= 0.6 is 22.9 Å². The van der Waals surface area contributed by atoms with Crippen LogP contribution in [0.5, 0.6) is 11.5 Å². The number of fused-ring (bicyclic) bond motifs is 1. The van der Waals surface area contributed by atoms with Gasteiger partial charge in [-0.05, 0) is 48.4 Å². The van der Waals surface area contributed by atoms with E-state index in [2.05, 4.69) is 4.99 Å². The number of aromatic hydroxyl groups is 1. The lowest BCUT2D eigenvalue weighted by atomic mass is 9.95. The number of hydrogen-bond acceptors (Lipinski definition) is 7. The standard InChI is InChI=1S/C24H18ClF3N2O5S/c1-3-35-22(33)18-19(13-5-7-14(25)8-6-13)30-21(32)17(36-23(30)29-20(18)24(26,27)28)11-12-4-9-15(31)16(10-12)34-2/h4-11,19,31H,3H2,1-2H3/b17-11-/t19-/m0/s1. The number of alkyl halides is 3. The van der Waals surface area contributed by atoms with Crippen LogP contribution in [0.4, 0.5) is 13.2 Å². The lowest BCUT2D eigenvalue weighted by Gasteiger charge is -2.26. The number of phenolic OH excluding ortho intramolecular Hbond substituents is 1. The van der Waals surface area contributed by atoms with Gasteiger partial charge in [-0.15, -0.1) is 0 Å². The zero-order valence-corrected chi connectivity index (χ0v) is 20.4. The van der Waals surface area contributed by atoms with Crippen LogP contribution in [0.15, 0.2) is 63.5 Å². The monoisotopic (exact) mass is 538 g/mol. The molecule has 0 unspecified atom stereocenters. The van der Waals surface area contributed by atoms with Gasteiger partial charge in [-0.2, -0.15) is 13.2 Å². The summed E-state index contributed by atoms with van der Waals surface area (Å²) in [5.74, 6) is -1.20. The molecule has 4 rings (SSSR count). The van der Waals surface area contributed by atoms with Crippen molar-refractivity contribution in [2.75, 3.05) is 13.7 Å². The number of benzene rings is 2. The maximum Gasteiger partial charge on any atom is 0.434 e. The predicted molar refractivity (Wildman–Crippen MR) is 127 cm³/mol. The molecule has 1 aliphatic rings. The SMILES string of the molecule is CCOC(=O)C1=C(C(F)(F)F)N=c2s/c(=C\c3ccc(O)c(OC)c3)c(=O)n2[C@H]1c1ccc(Cl)cc1. The number of ether oxygens (including phenoxy) is 2. The zero-order valence-electron chi connectivity index (χ0n) is 18.8. The Morgan fingerprint density at radius 2 is 1.94 bits per heavy atom. The van der Waals surface area contributed by atoms with E-state index in [1.165, 1.54) is 62.6 Å². The van der Waals surface area contributed by atoms with Gasteiger partial charge >= 0.3 is 12.1 Å². The summed E-state index contributed by atoms with van der Waals surface area (Å²) >= 11 is 6.70. The van der Waals surface area contributed by atoms with Crippen molar-refractivity contribution in [3.63, 3.8) is 0 Å². The predicted octanol–water partition coefficient (Wildman–Crippen LogP) is 3.71. The first kappa shape index (κ1) is 25.5. The molecule has 0 bridgehead atoms. The van der Waals surface area contributed by atoms with E-state index in [9.17, 15) is 27.9 Å². The maximum atomic E-state index is 14.1. The van der Waals surface area contributed by atoms with E-state index in [0.29, 0.717) is 10.6 Å². The topological polar surface area (TPSA) is 90.1 Å². The van der Waals surface area contributed by atoms with Gasteiger partial charge in [0, 0.05) is 5.02 Å². The number of aromatic nitrogens is 1. The number of hydrogen-bond donors (Lipinski definition) is 1. The number of carbonyl (C=O) groups is 1. The molecule has 7 nitrogen and oxygen atoms in total. The van der Waals surface area contributed by atoms with Crippen molar-refractivity contribution in [3.8, 4) is 11.5 Å². The summed E-state index contributed by atoms with van der Waals surface area (Å²) in [5, 5.41) is 10.1. The van der Waals surface area contributed by atoms with E-state index < -0.39 is 35.0 Å². The molecule has 0 aliphatic carbocycles. The molecule has 1 N–H and O–H groups in total. The molecule has 12 heteroatoms. The van der Waals surface area contributed by atoms with Gasteiger partial charge in [0.05, 0.1) is 29.9 Å². The molecule has 0 radical (unpaired) electrons. The van der Waals surface area contributed by atoms with E-state index in [4.69, 9.17) is 21.1 Å². The number of esters is 1. The lowest BCUT2D eigenvalue weighted by Crippen LogP contribution is -2.41. The summed E-state index contributed by atoms with van der Waals surface area (Å²) in [6, 6.07) is 8.66. The average molecular weight is 539 g/mol. The molecule has 2 aromatic carbocycles. The van der Waals surface area contributed by atoms with Gasteiger partial charge in [0.1, 0.15) is 0 Å². The van der Waals surface area contributed by atoms with Crippen LogP contribution < -0.4 is 19.6 Å². The minimum absolute atomic E-state index is 0.0621. The van der Waals surface area contributed by atoms with E-state index >= 15 is 0 Å². The number of rotatable bonds is 5. The second kappa shape index (κ2) is 9.82. The Balaban J connectivity index is 2.03. The van der Waals surface area contributed by atoms with Crippen molar-refractivity contribution in [1.82, 2.24) is 4.57 Å². The Morgan fingerprint density at radius 3 is 2.56 bits per heavy atom. The fourth-order valence-corrected chi connectivity index (χ4v) is 4.86. The van der Waals surface area contributed by atoms with Crippen molar-refractivity contribution in [1.29, 1.82) is 0 Å². The second-order valence-corrected chi connectivity index (χ2v) is 8.99. The Kier molecular flexibility index (Phi) is 6.96. The van der Waals surface area contributed by atoms with Crippen LogP contribution in [0.1, 0.15) is 24.1 Å². The smallest absolute Gasteiger partial charge is 0.434 e. The van der Waals surface area contributed by atoms with Gasteiger partial charge in [0.2, 0.25) is 0 Å². The minimum atomic E-state index is -4.99. The molecule has 36 heavy (non-hydrogen) atoms. The number of halogens is 4. The highest BCUT2D eigenvalue weighted by Gasteiger charge is 2.45. The molecule has 0 saturated carbocycles. The molecule has 1 atom stereocenters. The number of carbonyl (C=O) groups excluding carboxylic acids is 1. The van der Waals surface area contributed by atoms with Crippen molar-refractivity contribution >= 4 is 35.0 Å². The van der Waals surface area contributed by atoms with Gasteiger partial charge in [-0.3, -0.25) is 9.36 Å². The summed E-state index contributed by atoms with van der Waals surface area (Å²) in [6.45, 7) is 1.29. The molecule has 1 aliphatic heterocycles. The molecular weight excluding hydrogens is 521 g/mol. The first-order valence-corrected chi connectivity index (χ1v) is 11.7. The highest BCUT2D eigenvalue weighted by atomic mass is 35.5. The van der Waals surface area contributed by atoms with Crippen molar-refractivity contribution in [2.45, 2.75) is 19.1 Å². The van der Waals surface area contributed by atoms with E-state index in [1.54, 1.807) is 0 Å². The van der Waals surface area contributed by atoms with Crippen LogP contribution in [0.2, 0.25) is 5.02 Å². The number of allylic oxidation sites excluding steroid dienone is 1. The highest BCUT2D eigenvalue weighted by molar-refractivity contribution is 7.07. The van der Waals surface area contributed by atoms with Crippen LogP contribution in [0.3, 0.4) is 0 Å². The molecule has 2 heterocycles. The molecule has 0 spiro atoms. The molecule has 1 aromatic heterocycles. The molecule has 0 fully saturated rings. The van der Waals surface area contributed by atoms with Gasteiger partial charge in [0.25, 0.3) is 5.56 Å². The van der Waals surface area contributed by atoms with Crippen LogP contribution in [-0.4, -0.2) is 35.5 Å². The molecular formula is C24H18ClF3N2O5S. The van der Waals surface area contributed by atoms with Gasteiger partial charge in [-0.25, -0.2) is 9.79 Å². The summed E-state index contributed by atoms with van der Waals surface area (Å²) in [6.07, 6.45) is -3.56. The van der Waals surface area contributed by atoms with Gasteiger partial charge < -0.3 is 14.6 Å². The Bertz CT molecular complexity index is 1540. The zero-order chi connectivity index (χ0) is 26.2. The minimum Gasteiger partial charge on any atom is -0.504 e. The Morgan fingerprint density at radius 1 is 1.25 bits per heavy atom. The van der Waals surface area contributed by atoms with Crippen LogP contribution in [0, 0.1) is 0 Å². The number of methoxy groups -OCH3 is 1.